The topological polar surface area (TPSA) is 38.7 Å². The number of rotatable bonds is 8. The molecule has 1 N–H and O–H groups in total. The molecule has 1 rings (SSSR count). The molecule has 27 heavy (non-hydrogen) atoms. The van der Waals surface area contributed by atoms with Crippen molar-refractivity contribution < 1.29 is 27.8 Å². The van der Waals surface area contributed by atoms with Gasteiger partial charge in [-0.2, -0.15) is 0 Å². The van der Waals surface area contributed by atoms with E-state index < -0.39 is 23.0 Å². The van der Waals surface area contributed by atoms with Crippen molar-refractivity contribution in [1.82, 2.24) is 0 Å². The lowest BCUT2D eigenvalue weighted by molar-refractivity contribution is 0.143. The van der Waals surface area contributed by atoms with Gasteiger partial charge in [0.15, 0.2) is 11.6 Å². The third kappa shape index (κ3) is 8.17. The second kappa shape index (κ2) is 12.8. The molecule has 0 aliphatic heterocycles. The molecule has 150 valence electrons. The van der Waals surface area contributed by atoms with Crippen molar-refractivity contribution in [3.05, 3.63) is 71.8 Å². The second-order valence-corrected chi connectivity index (χ2v) is 5.56. The summed E-state index contributed by atoms with van der Waals surface area (Å²) < 4.78 is 52.4. The number of hydrogen-bond donors (Lipinski definition) is 1. The Morgan fingerprint density at radius 3 is 2.26 bits per heavy atom. The van der Waals surface area contributed by atoms with Gasteiger partial charge < -0.3 is 14.6 Å². The summed E-state index contributed by atoms with van der Waals surface area (Å²) in [5.74, 6) is -3.34. The molecule has 0 radical (unpaired) electrons. The Bertz CT molecular complexity index is 707. The van der Waals surface area contributed by atoms with Gasteiger partial charge in [-0.05, 0) is 36.8 Å². The van der Waals surface area contributed by atoms with Gasteiger partial charge in [0.05, 0.1) is 12.2 Å². The molecule has 0 saturated carbocycles. The van der Waals surface area contributed by atoms with E-state index in [1.54, 1.807) is 0 Å². The second-order valence-electron chi connectivity index (χ2n) is 5.56. The van der Waals surface area contributed by atoms with Crippen LogP contribution >= 0.6 is 0 Å². The van der Waals surface area contributed by atoms with Gasteiger partial charge in [-0.3, -0.25) is 0 Å². The van der Waals surface area contributed by atoms with Crippen molar-refractivity contribution >= 4 is 5.57 Å². The Hall–Kier alpha value is -2.47. The van der Waals surface area contributed by atoms with E-state index >= 15 is 0 Å². The van der Waals surface area contributed by atoms with Gasteiger partial charge in [-0.25, -0.2) is 13.2 Å². The first-order valence-electron chi connectivity index (χ1n) is 8.42. The maximum absolute atomic E-state index is 14.4. The van der Waals surface area contributed by atoms with Crippen molar-refractivity contribution in [2.45, 2.75) is 27.2 Å². The molecule has 0 aromatic heterocycles. The summed E-state index contributed by atoms with van der Waals surface area (Å²) >= 11 is 0. The summed E-state index contributed by atoms with van der Waals surface area (Å²) in [4.78, 5) is 0. The minimum atomic E-state index is -1.00. The number of aliphatic hydroxyl groups is 1. The first-order chi connectivity index (χ1) is 12.7. The monoisotopic (exact) mass is 384 g/mol. The normalized spacial score (nSPS) is 11.5. The number of methoxy groups -OCH3 is 1. The van der Waals surface area contributed by atoms with E-state index in [-0.39, 0.29) is 35.9 Å². The lowest BCUT2D eigenvalue weighted by Crippen LogP contribution is -2.07. The highest BCUT2D eigenvalue weighted by Crippen LogP contribution is 2.31. The molecule has 1 aromatic carbocycles. The molecule has 0 unspecified atom stereocenters. The fourth-order valence-electron chi connectivity index (χ4n) is 1.74. The van der Waals surface area contributed by atoms with Crippen LogP contribution < -0.4 is 4.74 Å². The molecule has 0 saturated heterocycles. The van der Waals surface area contributed by atoms with E-state index in [4.69, 9.17) is 14.6 Å². The highest BCUT2D eigenvalue weighted by molar-refractivity contribution is 5.70. The Morgan fingerprint density at radius 1 is 1.15 bits per heavy atom. The van der Waals surface area contributed by atoms with Crippen molar-refractivity contribution in [2.24, 2.45) is 0 Å². The molecule has 0 aliphatic rings. The van der Waals surface area contributed by atoms with Crippen LogP contribution in [0.2, 0.25) is 0 Å². The van der Waals surface area contributed by atoms with E-state index in [0.717, 1.165) is 24.3 Å². The minimum Gasteiger partial charge on any atom is -0.508 e. The molecule has 0 fully saturated rings. The Labute approximate surface area is 159 Å². The smallest absolute Gasteiger partial charge is 0.175 e. The lowest BCUT2D eigenvalue weighted by atomic mass is 10.0. The van der Waals surface area contributed by atoms with Crippen molar-refractivity contribution in [1.29, 1.82) is 0 Å². The van der Waals surface area contributed by atoms with Crippen LogP contribution in [0.25, 0.3) is 5.57 Å². The molecule has 0 atom stereocenters. The van der Waals surface area contributed by atoms with Crippen molar-refractivity contribution in [3.63, 3.8) is 0 Å². The molecular formula is C21H27F3O3. The molecule has 0 spiro atoms. The van der Waals surface area contributed by atoms with Gasteiger partial charge >= 0.3 is 0 Å². The highest BCUT2D eigenvalue weighted by atomic mass is 19.1. The van der Waals surface area contributed by atoms with Crippen LogP contribution in [-0.4, -0.2) is 25.4 Å². The van der Waals surface area contributed by atoms with Gasteiger partial charge in [0.1, 0.15) is 24.0 Å². The third-order valence-electron chi connectivity index (χ3n) is 3.14. The molecule has 0 amide bonds. The highest BCUT2D eigenvalue weighted by Gasteiger charge is 2.18. The van der Waals surface area contributed by atoms with Gasteiger partial charge in [0.25, 0.3) is 0 Å². The SMILES string of the molecule is C=C(O)C(=C)/C=C\C(F)=C(/C)c1c(F)ccc(OCCOC)c1F.CCC. The number of aliphatic hydroxyl groups excluding tert-OH is 1. The Balaban J connectivity index is 0.00000210. The first-order valence-corrected chi connectivity index (χ1v) is 8.42. The summed E-state index contributed by atoms with van der Waals surface area (Å²) in [6, 6.07) is 2.12. The Kier molecular flexibility index (Phi) is 11.6. The van der Waals surface area contributed by atoms with E-state index in [1.165, 1.54) is 20.5 Å². The molecule has 6 heteroatoms. The standard InChI is InChI=1S/C18H19F3O3.C3H8/c1-11(13(3)22)5-6-14(19)12(2)17-15(20)7-8-16(18(17)21)24-10-9-23-4;1-3-2/h5-8,22H,1,3,9-10H2,2,4H3;3H2,1-2H3/b6-5-,14-12-;. The van der Waals surface area contributed by atoms with E-state index in [1.807, 2.05) is 0 Å². The van der Waals surface area contributed by atoms with Crippen LogP contribution in [0.5, 0.6) is 5.75 Å². The average Bonchev–Trinajstić information content (AvgIpc) is 2.61. The van der Waals surface area contributed by atoms with Crippen molar-refractivity contribution in [3.8, 4) is 5.75 Å². The van der Waals surface area contributed by atoms with Crippen LogP contribution in [0.3, 0.4) is 0 Å². The summed E-state index contributed by atoms with van der Waals surface area (Å²) in [6.07, 6.45) is 3.34. The Morgan fingerprint density at radius 2 is 1.74 bits per heavy atom. The van der Waals surface area contributed by atoms with E-state index in [9.17, 15) is 13.2 Å². The van der Waals surface area contributed by atoms with Gasteiger partial charge in [-0.1, -0.05) is 33.4 Å². The predicted octanol–water partition coefficient (Wildman–Crippen LogP) is 6.29. The molecule has 1 aromatic rings. The fraction of sp³-hybridized carbons (Fsp3) is 0.333. The molecule has 0 bridgehead atoms. The van der Waals surface area contributed by atoms with Gasteiger partial charge in [0, 0.05) is 12.7 Å². The zero-order valence-electron chi connectivity index (χ0n) is 16.2. The zero-order chi connectivity index (χ0) is 21.0. The van der Waals surface area contributed by atoms with E-state index in [0.29, 0.717) is 0 Å². The maximum Gasteiger partial charge on any atom is 0.175 e. The number of allylic oxidation sites excluding steroid dienone is 4. The van der Waals surface area contributed by atoms with E-state index in [2.05, 4.69) is 27.0 Å². The number of benzene rings is 1. The van der Waals surface area contributed by atoms with Crippen LogP contribution in [0.15, 0.2) is 54.6 Å². The number of ether oxygens (including phenoxy) is 2. The summed E-state index contributed by atoms with van der Waals surface area (Å²) in [7, 11) is 1.46. The zero-order valence-corrected chi connectivity index (χ0v) is 16.2. The maximum atomic E-state index is 14.4. The summed E-state index contributed by atoms with van der Waals surface area (Å²) in [5.41, 5.74) is -0.703. The molecule has 0 aliphatic carbocycles. The summed E-state index contributed by atoms with van der Waals surface area (Å²) in [5, 5.41) is 9.09. The van der Waals surface area contributed by atoms with Crippen LogP contribution in [-0.2, 0) is 4.74 Å². The third-order valence-corrected chi connectivity index (χ3v) is 3.14. The average molecular weight is 384 g/mol. The number of hydrogen-bond acceptors (Lipinski definition) is 3. The molecule has 0 heterocycles. The van der Waals surface area contributed by atoms with Crippen LogP contribution in [0, 0.1) is 11.6 Å². The first kappa shape index (κ1) is 24.5. The van der Waals surface area contributed by atoms with Crippen LogP contribution in [0.4, 0.5) is 13.2 Å². The molecule has 3 nitrogen and oxygen atoms in total. The number of halogens is 3. The van der Waals surface area contributed by atoms with Crippen LogP contribution in [0.1, 0.15) is 32.8 Å². The quantitative estimate of drug-likeness (QED) is 0.325. The fourth-order valence-corrected chi connectivity index (χ4v) is 1.74. The lowest BCUT2D eigenvalue weighted by Gasteiger charge is -2.11. The van der Waals surface area contributed by atoms with Crippen molar-refractivity contribution in [2.75, 3.05) is 20.3 Å². The largest absolute Gasteiger partial charge is 0.508 e. The minimum absolute atomic E-state index is 0.0715. The molecular weight excluding hydrogens is 357 g/mol. The van der Waals surface area contributed by atoms with Gasteiger partial charge in [-0.15, -0.1) is 0 Å². The predicted molar refractivity (Wildman–Crippen MR) is 103 cm³/mol. The van der Waals surface area contributed by atoms with Gasteiger partial charge in [0.2, 0.25) is 0 Å². The summed E-state index contributed by atoms with van der Waals surface area (Å²) in [6.45, 7) is 12.5.